The molecule has 6 nitrogen and oxygen atoms in total. The number of nitrogens with one attached hydrogen (secondary N) is 1. The Morgan fingerprint density at radius 3 is 0.986 bits per heavy atom. The molecule has 74 heavy (non-hydrogen) atoms. The van der Waals surface area contributed by atoms with Crippen LogP contribution in [0.3, 0.4) is 0 Å². The van der Waals surface area contributed by atoms with Crippen LogP contribution in [-0.4, -0.2) is 47.4 Å². The van der Waals surface area contributed by atoms with Gasteiger partial charge in [0.2, 0.25) is 5.91 Å². The van der Waals surface area contributed by atoms with Crippen molar-refractivity contribution in [2.75, 3.05) is 13.2 Å². The first-order chi connectivity index (χ1) is 36.5. The minimum Gasteiger partial charge on any atom is -0.466 e. The lowest BCUT2D eigenvalue weighted by molar-refractivity contribution is -0.143. The molecule has 0 heterocycles. The standard InChI is InChI=1S/C68H133NO5/c1-3-5-7-9-11-13-15-17-18-19-28-31-34-37-40-44-48-52-56-60-66(71)65(64-70)69-67(72)61-57-53-49-45-41-38-35-32-29-26-24-22-20-21-23-25-27-30-33-36-39-43-47-51-55-59-63-74-68(73)62-58-54-50-46-42-16-14-12-10-8-6-4-2/h12,14,65-66,70-71H,3-11,13,15-64H2,1-2H3,(H,69,72)/b14-12-. The van der Waals surface area contributed by atoms with Gasteiger partial charge in [-0.15, -0.1) is 0 Å². The summed E-state index contributed by atoms with van der Waals surface area (Å²) in [7, 11) is 0. The van der Waals surface area contributed by atoms with Crippen molar-refractivity contribution >= 4 is 11.9 Å². The fraction of sp³-hybridized carbons (Fsp3) is 0.941. The van der Waals surface area contributed by atoms with Gasteiger partial charge >= 0.3 is 5.97 Å². The van der Waals surface area contributed by atoms with Gasteiger partial charge in [-0.25, -0.2) is 0 Å². The SMILES string of the molecule is CCCCC/C=C\CCCCCCCC(=O)OCCCCCCCCCCCCCCCCCCCCCCCCCCCCC(=O)NC(CO)C(O)CCCCCCCCCCCCCCCCCCCCC. The summed E-state index contributed by atoms with van der Waals surface area (Å²) in [5.74, 6) is -0.0205. The Kier molecular flexibility index (Phi) is 62.9. The minimum atomic E-state index is -0.663. The maximum absolute atomic E-state index is 12.5. The summed E-state index contributed by atoms with van der Waals surface area (Å²) >= 11 is 0. The first kappa shape index (κ1) is 72.6. The zero-order chi connectivity index (χ0) is 53.6. The Bertz CT molecular complexity index is 1110. The van der Waals surface area contributed by atoms with Gasteiger partial charge in [-0.1, -0.05) is 334 Å². The fourth-order valence-corrected chi connectivity index (χ4v) is 10.9. The maximum atomic E-state index is 12.5. The van der Waals surface area contributed by atoms with Crippen LogP contribution in [0.5, 0.6) is 0 Å². The van der Waals surface area contributed by atoms with E-state index in [-0.39, 0.29) is 18.5 Å². The van der Waals surface area contributed by atoms with Crippen molar-refractivity contribution in [3.05, 3.63) is 12.2 Å². The maximum Gasteiger partial charge on any atom is 0.305 e. The number of amides is 1. The number of carbonyl (C=O) groups is 2. The number of carbonyl (C=O) groups excluding carboxylic acids is 2. The number of rotatable bonds is 64. The quantitative estimate of drug-likeness (QED) is 0.0320. The van der Waals surface area contributed by atoms with Crippen molar-refractivity contribution in [3.8, 4) is 0 Å². The van der Waals surface area contributed by atoms with E-state index in [2.05, 4.69) is 31.3 Å². The number of ether oxygens (including phenoxy) is 1. The zero-order valence-electron chi connectivity index (χ0n) is 50.4. The second-order valence-corrected chi connectivity index (χ2v) is 23.5. The molecule has 2 atom stereocenters. The van der Waals surface area contributed by atoms with Gasteiger partial charge in [0.15, 0.2) is 0 Å². The molecule has 0 spiro atoms. The molecular formula is C68H133NO5. The predicted molar refractivity (Wildman–Crippen MR) is 324 cm³/mol. The highest BCUT2D eigenvalue weighted by Gasteiger charge is 2.20. The van der Waals surface area contributed by atoms with E-state index in [0.29, 0.717) is 25.9 Å². The topological polar surface area (TPSA) is 95.9 Å². The molecular weight excluding hydrogens is 911 g/mol. The molecule has 0 aromatic carbocycles. The lowest BCUT2D eigenvalue weighted by Gasteiger charge is -2.22. The second-order valence-electron chi connectivity index (χ2n) is 23.5. The number of allylic oxidation sites excluding steroid dienone is 2. The van der Waals surface area contributed by atoms with Gasteiger partial charge < -0.3 is 20.3 Å². The van der Waals surface area contributed by atoms with E-state index >= 15 is 0 Å². The van der Waals surface area contributed by atoms with Crippen LogP contribution in [0.15, 0.2) is 12.2 Å². The Morgan fingerprint density at radius 2 is 0.635 bits per heavy atom. The largest absolute Gasteiger partial charge is 0.466 e. The van der Waals surface area contributed by atoms with E-state index in [1.165, 1.54) is 308 Å². The van der Waals surface area contributed by atoms with Gasteiger partial charge in [0.25, 0.3) is 0 Å². The summed E-state index contributed by atoms with van der Waals surface area (Å²) in [6, 6.07) is -0.540. The van der Waals surface area contributed by atoms with Gasteiger partial charge in [-0.05, 0) is 51.4 Å². The molecule has 0 aliphatic rings. The highest BCUT2D eigenvalue weighted by molar-refractivity contribution is 5.76. The van der Waals surface area contributed by atoms with Crippen LogP contribution in [0.4, 0.5) is 0 Å². The number of hydrogen-bond acceptors (Lipinski definition) is 5. The zero-order valence-corrected chi connectivity index (χ0v) is 50.4. The van der Waals surface area contributed by atoms with Crippen molar-refractivity contribution in [2.45, 2.75) is 398 Å². The molecule has 0 aromatic rings. The summed E-state index contributed by atoms with van der Waals surface area (Å²) in [6.45, 7) is 4.97. The van der Waals surface area contributed by atoms with Crippen LogP contribution in [-0.2, 0) is 14.3 Å². The molecule has 3 N–H and O–H groups in total. The normalized spacial score (nSPS) is 12.5. The van der Waals surface area contributed by atoms with Crippen molar-refractivity contribution in [2.24, 2.45) is 0 Å². The van der Waals surface area contributed by atoms with Crippen LogP contribution in [0.2, 0.25) is 0 Å². The lowest BCUT2D eigenvalue weighted by atomic mass is 10.0. The van der Waals surface area contributed by atoms with Gasteiger partial charge in [0.05, 0.1) is 25.4 Å². The summed E-state index contributed by atoms with van der Waals surface area (Å²) < 4.78 is 5.47. The highest BCUT2D eigenvalue weighted by atomic mass is 16.5. The van der Waals surface area contributed by atoms with Crippen molar-refractivity contribution < 1.29 is 24.5 Å². The van der Waals surface area contributed by atoms with Crippen molar-refractivity contribution in [1.82, 2.24) is 5.32 Å². The van der Waals surface area contributed by atoms with Crippen LogP contribution in [0, 0.1) is 0 Å². The first-order valence-corrected chi connectivity index (χ1v) is 33.9. The Morgan fingerprint density at radius 1 is 0.365 bits per heavy atom. The van der Waals surface area contributed by atoms with E-state index in [1.807, 2.05) is 0 Å². The van der Waals surface area contributed by atoms with E-state index in [0.717, 1.165) is 44.9 Å². The number of aliphatic hydroxyl groups is 2. The molecule has 0 aromatic heterocycles. The third-order valence-corrected chi connectivity index (χ3v) is 16.1. The molecule has 0 aliphatic heterocycles. The molecule has 1 amide bonds. The molecule has 0 bridgehead atoms. The molecule has 0 fully saturated rings. The lowest BCUT2D eigenvalue weighted by Crippen LogP contribution is -2.45. The van der Waals surface area contributed by atoms with Crippen LogP contribution < -0.4 is 5.32 Å². The summed E-state index contributed by atoms with van der Waals surface area (Å²) in [5.41, 5.74) is 0. The molecule has 0 aliphatic carbocycles. The molecule has 0 radical (unpaired) electrons. The highest BCUT2D eigenvalue weighted by Crippen LogP contribution is 2.19. The second kappa shape index (κ2) is 64.1. The summed E-state index contributed by atoms with van der Waals surface area (Å²) in [4.78, 5) is 24.5. The van der Waals surface area contributed by atoms with Crippen LogP contribution >= 0.6 is 0 Å². The molecule has 0 saturated carbocycles. The average molecular weight is 1040 g/mol. The third kappa shape index (κ3) is 59.8. The molecule has 2 unspecified atom stereocenters. The monoisotopic (exact) mass is 1040 g/mol. The Hall–Kier alpha value is -1.40. The number of esters is 1. The van der Waals surface area contributed by atoms with Gasteiger partial charge in [-0.3, -0.25) is 9.59 Å². The summed E-state index contributed by atoms with van der Waals surface area (Å²) in [6.07, 6.45) is 78.2. The van der Waals surface area contributed by atoms with Crippen molar-refractivity contribution in [3.63, 3.8) is 0 Å². The number of unbranched alkanes of at least 4 members (excludes halogenated alkanes) is 51. The Balaban J connectivity index is 3.35. The van der Waals surface area contributed by atoms with Gasteiger partial charge in [0, 0.05) is 12.8 Å². The van der Waals surface area contributed by atoms with Crippen LogP contribution in [0.1, 0.15) is 386 Å². The average Bonchev–Trinajstić information content (AvgIpc) is 3.40. The van der Waals surface area contributed by atoms with Gasteiger partial charge in [-0.2, -0.15) is 0 Å². The molecule has 0 rings (SSSR count). The van der Waals surface area contributed by atoms with Crippen molar-refractivity contribution in [1.29, 1.82) is 0 Å². The van der Waals surface area contributed by atoms with E-state index < -0.39 is 12.1 Å². The van der Waals surface area contributed by atoms with E-state index in [4.69, 9.17) is 4.74 Å². The summed E-state index contributed by atoms with van der Waals surface area (Å²) in [5, 5.41) is 23.4. The fourth-order valence-electron chi connectivity index (χ4n) is 10.9. The number of aliphatic hydroxyl groups excluding tert-OH is 2. The molecule has 6 heteroatoms. The van der Waals surface area contributed by atoms with Crippen LogP contribution in [0.25, 0.3) is 0 Å². The number of hydrogen-bond donors (Lipinski definition) is 3. The molecule has 440 valence electrons. The first-order valence-electron chi connectivity index (χ1n) is 33.9. The smallest absolute Gasteiger partial charge is 0.305 e. The van der Waals surface area contributed by atoms with Gasteiger partial charge in [0.1, 0.15) is 0 Å². The predicted octanol–water partition coefficient (Wildman–Crippen LogP) is 21.6. The minimum absolute atomic E-state index is 0.00801. The van der Waals surface area contributed by atoms with E-state index in [9.17, 15) is 19.8 Å². The Labute approximate surface area is 463 Å². The molecule has 0 saturated heterocycles. The van der Waals surface area contributed by atoms with E-state index in [1.54, 1.807) is 0 Å². The third-order valence-electron chi connectivity index (χ3n) is 16.1.